The first-order chi connectivity index (χ1) is 9.61. The van der Waals surface area contributed by atoms with Gasteiger partial charge in [-0.25, -0.2) is 0 Å². The van der Waals surface area contributed by atoms with Gasteiger partial charge in [0, 0.05) is 12.5 Å². The maximum atomic E-state index is 11.1. The number of carbonyl (C=O) groups is 1. The quantitative estimate of drug-likeness (QED) is 0.806. The van der Waals surface area contributed by atoms with Crippen LogP contribution in [0.5, 0.6) is 0 Å². The molecule has 20 heavy (non-hydrogen) atoms. The van der Waals surface area contributed by atoms with Crippen molar-refractivity contribution in [3.05, 3.63) is 34.9 Å². The molecule has 0 aromatic heterocycles. The van der Waals surface area contributed by atoms with E-state index in [1.807, 2.05) is 6.07 Å². The smallest absolute Gasteiger partial charge is 0.305 e. The molecule has 2 atom stereocenters. The molecule has 0 bridgehead atoms. The van der Waals surface area contributed by atoms with E-state index in [0.717, 1.165) is 18.4 Å². The Balaban J connectivity index is 2.01. The molecule has 1 aromatic carbocycles. The Bertz CT molecular complexity index is 473. The number of fused-ring (bicyclic) bond motifs is 1. The van der Waals surface area contributed by atoms with Gasteiger partial charge in [0.05, 0.1) is 13.2 Å². The topological polar surface area (TPSA) is 72.5 Å². The highest BCUT2D eigenvalue weighted by Crippen LogP contribution is 2.26. The van der Waals surface area contributed by atoms with Crippen LogP contribution >= 0.6 is 0 Å². The zero-order valence-corrected chi connectivity index (χ0v) is 12.0. The zero-order chi connectivity index (χ0) is 14.5. The van der Waals surface area contributed by atoms with E-state index < -0.39 is 12.1 Å². The molecular formula is C16H23NO3. The number of rotatable bonds is 5. The van der Waals surface area contributed by atoms with Crippen LogP contribution < -0.4 is 5.73 Å². The van der Waals surface area contributed by atoms with Crippen LogP contribution in [-0.2, 0) is 22.4 Å². The number of aliphatic hydroxyl groups excluding tert-OH is 1. The number of nitrogens with two attached hydrogens (primary N) is 1. The molecule has 1 aliphatic carbocycles. The highest BCUT2D eigenvalue weighted by molar-refractivity contribution is 5.69. The number of aliphatic hydroxyl groups is 1. The van der Waals surface area contributed by atoms with Crippen molar-refractivity contribution >= 4 is 5.97 Å². The molecule has 4 nitrogen and oxygen atoms in total. The summed E-state index contributed by atoms with van der Waals surface area (Å²) in [6, 6.07) is 5.67. The lowest BCUT2D eigenvalue weighted by Gasteiger charge is -2.22. The summed E-state index contributed by atoms with van der Waals surface area (Å²) in [7, 11) is 1.35. The maximum Gasteiger partial charge on any atom is 0.305 e. The number of carbonyl (C=O) groups excluding carboxylic acids is 1. The maximum absolute atomic E-state index is 11.1. The normalized spacial score (nSPS) is 17.1. The summed E-state index contributed by atoms with van der Waals surface area (Å²) in [4.78, 5) is 11.1. The fraction of sp³-hybridized carbons (Fsp3) is 0.562. The van der Waals surface area contributed by atoms with Crippen molar-refractivity contribution in [2.45, 2.75) is 50.7 Å². The molecule has 0 amide bonds. The Morgan fingerprint density at radius 2 is 2.05 bits per heavy atom. The number of hydrogen-bond donors (Lipinski definition) is 2. The van der Waals surface area contributed by atoms with Gasteiger partial charge in [-0.2, -0.15) is 0 Å². The van der Waals surface area contributed by atoms with Gasteiger partial charge >= 0.3 is 5.97 Å². The fourth-order valence-electron chi connectivity index (χ4n) is 2.73. The van der Waals surface area contributed by atoms with Gasteiger partial charge in [0.1, 0.15) is 0 Å². The van der Waals surface area contributed by atoms with E-state index >= 15 is 0 Å². The summed E-state index contributed by atoms with van der Waals surface area (Å²) in [5.74, 6) is -0.293. The molecular weight excluding hydrogens is 254 g/mol. The molecule has 2 unspecified atom stereocenters. The summed E-state index contributed by atoms with van der Waals surface area (Å²) in [6.07, 6.45) is 4.58. The van der Waals surface area contributed by atoms with Crippen LogP contribution in [-0.4, -0.2) is 24.2 Å². The predicted octanol–water partition coefficient (Wildman–Crippen LogP) is 1.88. The lowest BCUT2D eigenvalue weighted by atomic mass is 9.88. The summed E-state index contributed by atoms with van der Waals surface area (Å²) in [6.45, 7) is 0. The standard InChI is InChI=1S/C16H23NO3/c1-20-15(18)9-8-14(17)16(19)13-7-6-11-4-2-3-5-12(11)10-13/h6-7,10,14,16,19H,2-5,8-9,17H2,1H3. The minimum absolute atomic E-state index is 0.236. The lowest BCUT2D eigenvalue weighted by Crippen LogP contribution is -2.29. The summed E-state index contributed by atoms with van der Waals surface area (Å²) in [5.41, 5.74) is 9.53. The van der Waals surface area contributed by atoms with E-state index in [0.29, 0.717) is 6.42 Å². The predicted molar refractivity (Wildman–Crippen MR) is 77.3 cm³/mol. The third-order valence-corrected chi connectivity index (χ3v) is 4.03. The van der Waals surface area contributed by atoms with E-state index in [1.54, 1.807) is 0 Å². The highest BCUT2D eigenvalue weighted by Gasteiger charge is 2.20. The third kappa shape index (κ3) is 3.58. The SMILES string of the molecule is COC(=O)CCC(N)C(O)c1ccc2c(c1)CCCC2. The van der Waals surface area contributed by atoms with Gasteiger partial charge in [0.2, 0.25) is 0 Å². The van der Waals surface area contributed by atoms with Crippen molar-refractivity contribution in [1.29, 1.82) is 0 Å². The molecule has 2 rings (SSSR count). The largest absolute Gasteiger partial charge is 0.469 e. The number of benzene rings is 1. The Kier molecular flexibility index (Phi) is 5.15. The molecule has 0 saturated carbocycles. The molecule has 3 N–H and O–H groups in total. The van der Waals surface area contributed by atoms with Crippen LogP contribution in [0.2, 0.25) is 0 Å². The molecule has 4 heteroatoms. The molecule has 0 saturated heterocycles. The Morgan fingerprint density at radius 3 is 2.75 bits per heavy atom. The van der Waals surface area contributed by atoms with Crippen LogP contribution in [0.1, 0.15) is 48.5 Å². The van der Waals surface area contributed by atoms with Gasteiger partial charge < -0.3 is 15.6 Å². The van der Waals surface area contributed by atoms with Gasteiger partial charge in [-0.05, 0) is 48.8 Å². The van der Waals surface area contributed by atoms with Crippen molar-refractivity contribution in [3.63, 3.8) is 0 Å². The monoisotopic (exact) mass is 277 g/mol. The van der Waals surface area contributed by atoms with Crippen molar-refractivity contribution in [1.82, 2.24) is 0 Å². The third-order valence-electron chi connectivity index (χ3n) is 4.03. The summed E-state index contributed by atoms with van der Waals surface area (Å²) >= 11 is 0. The molecule has 0 fully saturated rings. The van der Waals surface area contributed by atoms with Crippen LogP contribution in [0.4, 0.5) is 0 Å². The lowest BCUT2D eigenvalue weighted by molar-refractivity contribution is -0.140. The summed E-state index contributed by atoms with van der Waals surface area (Å²) in [5, 5.41) is 10.3. The van der Waals surface area contributed by atoms with Crippen molar-refractivity contribution in [3.8, 4) is 0 Å². The van der Waals surface area contributed by atoms with E-state index in [4.69, 9.17) is 5.73 Å². The van der Waals surface area contributed by atoms with Crippen LogP contribution in [0.15, 0.2) is 18.2 Å². The van der Waals surface area contributed by atoms with Crippen LogP contribution in [0.3, 0.4) is 0 Å². The Morgan fingerprint density at radius 1 is 1.35 bits per heavy atom. The average Bonchev–Trinajstić information content (AvgIpc) is 2.50. The second-order valence-electron chi connectivity index (χ2n) is 5.46. The number of aryl methyl sites for hydroxylation is 2. The summed E-state index contributed by atoms with van der Waals surface area (Å²) < 4.78 is 4.58. The molecule has 1 aliphatic rings. The van der Waals surface area contributed by atoms with E-state index in [1.165, 1.54) is 31.1 Å². The first kappa shape index (κ1) is 15.0. The minimum atomic E-state index is -0.730. The number of hydrogen-bond acceptors (Lipinski definition) is 4. The molecule has 0 spiro atoms. The second kappa shape index (κ2) is 6.86. The van der Waals surface area contributed by atoms with Crippen LogP contribution in [0.25, 0.3) is 0 Å². The van der Waals surface area contributed by atoms with Gasteiger partial charge in [-0.1, -0.05) is 18.2 Å². The highest BCUT2D eigenvalue weighted by atomic mass is 16.5. The molecule has 110 valence electrons. The minimum Gasteiger partial charge on any atom is -0.469 e. The second-order valence-corrected chi connectivity index (χ2v) is 5.46. The molecule has 0 aliphatic heterocycles. The first-order valence-corrected chi connectivity index (χ1v) is 7.24. The van der Waals surface area contributed by atoms with Crippen LogP contribution in [0, 0.1) is 0 Å². The Labute approximate surface area is 119 Å². The van der Waals surface area contributed by atoms with Crippen molar-refractivity contribution in [2.24, 2.45) is 5.73 Å². The van der Waals surface area contributed by atoms with E-state index in [-0.39, 0.29) is 12.4 Å². The first-order valence-electron chi connectivity index (χ1n) is 7.24. The Hall–Kier alpha value is -1.39. The zero-order valence-electron chi connectivity index (χ0n) is 12.0. The number of esters is 1. The van der Waals surface area contributed by atoms with Crippen molar-refractivity contribution < 1.29 is 14.6 Å². The number of methoxy groups -OCH3 is 1. The van der Waals surface area contributed by atoms with Gasteiger partial charge in [0.15, 0.2) is 0 Å². The molecule has 1 aromatic rings. The fourth-order valence-corrected chi connectivity index (χ4v) is 2.73. The van der Waals surface area contributed by atoms with Gasteiger partial charge in [-0.15, -0.1) is 0 Å². The van der Waals surface area contributed by atoms with E-state index in [9.17, 15) is 9.90 Å². The van der Waals surface area contributed by atoms with Crippen molar-refractivity contribution in [2.75, 3.05) is 7.11 Å². The molecule has 0 radical (unpaired) electrons. The average molecular weight is 277 g/mol. The van der Waals surface area contributed by atoms with E-state index in [2.05, 4.69) is 16.9 Å². The van der Waals surface area contributed by atoms with Gasteiger partial charge in [0.25, 0.3) is 0 Å². The van der Waals surface area contributed by atoms with Gasteiger partial charge in [-0.3, -0.25) is 4.79 Å². The molecule has 0 heterocycles. The number of ether oxygens (including phenoxy) is 1.